The first kappa shape index (κ1) is 17.6. The van der Waals surface area contributed by atoms with Crippen LogP contribution in [0.1, 0.15) is 19.5 Å². The highest BCUT2D eigenvalue weighted by molar-refractivity contribution is 7.89. The van der Waals surface area contributed by atoms with Crippen LogP contribution in [0.5, 0.6) is 5.19 Å². The van der Waals surface area contributed by atoms with E-state index in [4.69, 9.17) is 16.2 Å². The molecule has 10 nitrogen and oxygen atoms in total. The van der Waals surface area contributed by atoms with Crippen molar-refractivity contribution in [1.82, 2.24) is 9.71 Å². The molecule has 2 heterocycles. The third-order valence-electron chi connectivity index (χ3n) is 2.69. The zero-order valence-electron chi connectivity index (χ0n) is 12.6. The summed E-state index contributed by atoms with van der Waals surface area (Å²) in [6, 6.07) is 0. The maximum Gasteiger partial charge on any atom is 0.345 e. The van der Waals surface area contributed by atoms with E-state index in [1.165, 1.54) is 11.3 Å². The predicted molar refractivity (Wildman–Crippen MR) is 86.8 cm³/mol. The number of nitrogens with two attached hydrogens (primary N) is 2. The van der Waals surface area contributed by atoms with Crippen molar-refractivity contribution in [1.29, 1.82) is 0 Å². The monoisotopic (exact) mass is 362 g/mol. The van der Waals surface area contributed by atoms with Crippen LogP contribution < -0.4 is 20.9 Å². The Balaban J connectivity index is 1.86. The van der Waals surface area contributed by atoms with E-state index in [0.717, 1.165) is 0 Å². The Labute approximate surface area is 137 Å². The number of rotatable bonds is 6. The molecule has 0 aromatic carbocycles. The van der Waals surface area contributed by atoms with E-state index in [-0.39, 0.29) is 24.8 Å². The van der Waals surface area contributed by atoms with Crippen molar-refractivity contribution < 1.29 is 18.3 Å². The number of thiazole rings is 1. The minimum atomic E-state index is -3.81. The van der Waals surface area contributed by atoms with Gasteiger partial charge in [-0.05, 0) is 13.8 Å². The largest absolute Gasteiger partial charge is 0.467 e. The molecule has 0 radical (unpaired) electrons. The van der Waals surface area contributed by atoms with E-state index in [9.17, 15) is 13.5 Å². The van der Waals surface area contributed by atoms with Crippen molar-refractivity contribution in [3.05, 3.63) is 11.1 Å². The highest BCUT2D eigenvalue weighted by Crippen LogP contribution is 2.24. The van der Waals surface area contributed by atoms with Crippen molar-refractivity contribution in [3.8, 4) is 5.19 Å². The highest BCUT2D eigenvalue weighted by atomic mass is 32.2. The number of aliphatic hydroxyl groups is 1. The average molecular weight is 362 g/mol. The van der Waals surface area contributed by atoms with Crippen LogP contribution in [-0.4, -0.2) is 49.4 Å². The Morgan fingerprint density at radius 2 is 2.26 bits per heavy atom. The second-order valence-corrected chi connectivity index (χ2v) is 7.59. The van der Waals surface area contributed by atoms with Gasteiger partial charge in [0.1, 0.15) is 12.7 Å². The minimum Gasteiger partial charge on any atom is -0.467 e. The molecule has 1 aliphatic heterocycles. The summed E-state index contributed by atoms with van der Waals surface area (Å²) in [6.07, 6.45) is -0.960. The summed E-state index contributed by atoms with van der Waals surface area (Å²) in [5.41, 5.74) is 11.4. The van der Waals surface area contributed by atoms with Crippen LogP contribution in [0.25, 0.3) is 0 Å². The number of hydrogen-bond acceptors (Lipinski definition) is 9. The molecule has 0 fully saturated rings. The van der Waals surface area contributed by atoms with Crippen molar-refractivity contribution in [2.24, 2.45) is 20.9 Å². The van der Waals surface area contributed by atoms with Gasteiger partial charge >= 0.3 is 10.2 Å². The summed E-state index contributed by atoms with van der Waals surface area (Å²) < 4.78 is 32.8. The van der Waals surface area contributed by atoms with Crippen LogP contribution in [0.15, 0.2) is 14.8 Å². The molecular weight excluding hydrogens is 344 g/mol. The second kappa shape index (κ2) is 6.39. The summed E-state index contributed by atoms with van der Waals surface area (Å²) in [5, 5.41) is 12.0. The number of ether oxygens (including phenoxy) is 1. The number of nitrogens with one attached hydrogen (secondary N) is 1. The number of hydrogen-bond donors (Lipinski definition) is 4. The molecule has 0 amide bonds. The van der Waals surface area contributed by atoms with Gasteiger partial charge in [-0.15, -0.1) is 4.40 Å². The molecule has 1 aromatic rings. The van der Waals surface area contributed by atoms with Gasteiger partial charge in [0.2, 0.25) is 0 Å². The molecule has 128 valence electrons. The zero-order valence-corrected chi connectivity index (χ0v) is 14.2. The van der Waals surface area contributed by atoms with Crippen LogP contribution in [0.3, 0.4) is 0 Å². The molecule has 1 atom stereocenters. The molecule has 1 unspecified atom stereocenters. The highest BCUT2D eigenvalue weighted by Gasteiger charge is 2.24. The van der Waals surface area contributed by atoms with Crippen LogP contribution >= 0.6 is 11.3 Å². The quantitative estimate of drug-likeness (QED) is 0.487. The normalized spacial score (nSPS) is 20.2. The molecule has 0 saturated carbocycles. The Bertz CT molecular complexity index is 734. The molecule has 23 heavy (non-hydrogen) atoms. The number of aliphatic imine (C=N–C) groups is 1. The van der Waals surface area contributed by atoms with Crippen LogP contribution in [0.2, 0.25) is 0 Å². The lowest BCUT2D eigenvalue weighted by Gasteiger charge is -2.14. The van der Waals surface area contributed by atoms with E-state index in [1.807, 2.05) is 18.6 Å². The molecule has 2 rings (SSSR count). The van der Waals surface area contributed by atoms with Crippen LogP contribution in [-0.2, 0) is 15.7 Å². The maximum absolute atomic E-state index is 11.1. The SMILES string of the molecule is CC(C)(N)c1csc(OCC(O)CN=C2NS(=O)(=O)N=C2N)n1. The van der Waals surface area contributed by atoms with Gasteiger partial charge in [0.25, 0.3) is 5.19 Å². The van der Waals surface area contributed by atoms with Gasteiger partial charge in [0, 0.05) is 5.38 Å². The molecule has 6 N–H and O–H groups in total. The number of amidine groups is 2. The van der Waals surface area contributed by atoms with Crippen molar-refractivity contribution in [2.45, 2.75) is 25.5 Å². The molecule has 0 saturated heterocycles. The summed E-state index contributed by atoms with van der Waals surface area (Å²) in [5.74, 6) is -0.335. The predicted octanol–water partition coefficient (Wildman–Crippen LogP) is -1.32. The van der Waals surface area contributed by atoms with Gasteiger partial charge in [-0.2, -0.15) is 8.42 Å². The second-order valence-electron chi connectivity index (χ2n) is 5.43. The van der Waals surface area contributed by atoms with Gasteiger partial charge < -0.3 is 21.3 Å². The van der Waals surface area contributed by atoms with Crippen molar-refractivity contribution in [2.75, 3.05) is 13.2 Å². The van der Waals surface area contributed by atoms with Crippen molar-refractivity contribution in [3.63, 3.8) is 0 Å². The van der Waals surface area contributed by atoms with E-state index >= 15 is 0 Å². The van der Waals surface area contributed by atoms with E-state index in [0.29, 0.717) is 10.9 Å². The van der Waals surface area contributed by atoms with E-state index in [1.54, 1.807) is 5.38 Å². The summed E-state index contributed by atoms with van der Waals surface area (Å²) in [4.78, 5) is 8.08. The first-order valence-corrected chi connectivity index (χ1v) is 8.87. The lowest BCUT2D eigenvalue weighted by molar-refractivity contribution is 0.114. The van der Waals surface area contributed by atoms with Gasteiger partial charge in [-0.25, -0.2) is 9.71 Å². The molecule has 1 aromatic heterocycles. The Morgan fingerprint density at radius 1 is 1.57 bits per heavy atom. The standard InChI is InChI=1S/C11H18N6O4S2/c1-11(2,13)7-5-22-10(15-7)21-4-6(18)3-14-9-8(12)16-23(19,20)17-9/h5-6,18H,3-4,13H2,1-2H3,(H2,12,16)(H,14,17). The summed E-state index contributed by atoms with van der Waals surface area (Å²) >= 11 is 1.27. The van der Waals surface area contributed by atoms with Gasteiger partial charge in [-0.1, -0.05) is 11.3 Å². The third kappa shape index (κ3) is 4.86. The van der Waals surface area contributed by atoms with Crippen molar-refractivity contribution >= 4 is 33.2 Å². The molecule has 12 heteroatoms. The Kier molecular flexibility index (Phi) is 4.89. The molecule has 0 bridgehead atoms. The summed E-state index contributed by atoms with van der Waals surface area (Å²) in [6.45, 7) is 3.49. The Morgan fingerprint density at radius 3 is 2.78 bits per heavy atom. The smallest absolute Gasteiger partial charge is 0.345 e. The minimum absolute atomic E-state index is 0.0570. The molecule has 1 aliphatic rings. The fraction of sp³-hybridized carbons (Fsp3) is 0.545. The molecular formula is C11H18N6O4S2. The first-order chi connectivity index (χ1) is 10.6. The number of aromatic nitrogens is 1. The fourth-order valence-corrected chi connectivity index (χ4v) is 3.18. The zero-order chi connectivity index (χ0) is 17.3. The third-order valence-corrected chi connectivity index (χ3v) is 4.33. The number of nitrogens with zero attached hydrogens (tertiary/aromatic N) is 3. The van der Waals surface area contributed by atoms with Gasteiger partial charge in [-0.3, -0.25) is 4.99 Å². The van der Waals surface area contributed by atoms with Crippen LogP contribution in [0, 0.1) is 0 Å². The van der Waals surface area contributed by atoms with Crippen LogP contribution in [0.4, 0.5) is 0 Å². The fourth-order valence-electron chi connectivity index (χ4n) is 1.52. The first-order valence-electron chi connectivity index (χ1n) is 6.55. The molecule has 0 spiro atoms. The van der Waals surface area contributed by atoms with E-state index < -0.39 is 21.9 Å². The average Bonchev–Trinajstić information content (AvgIpc) is 2.98. The lowest BCUT2D eigenvalue weighted by atomic mass is 10.0. The van der Waals surface area contributed by atoms with Gasteiger partial charge in [0.05, 0.1) is 17.8 Å². The molecule has 0 aliphatic carbocycles. The maximum atomic E-state index is 11.1. The summed E-state index contributed by atoms with van der Waals surface area (Å²) in [7, 11) is -3.81. The lowest BCUT2D eigenvalue weighted by Crippen LogP contribution is -2.32. The topological polar surface area (TPSA) is 165 Å². The number of aliphatic hydroxyl groups excluding tert-OH is 1. The van der Waals surface area contributed by atoms with Gasteiger partial charge in [0.15, 0.2) is 11.7 Å². The van der Waals surface area contributed by atoms with E-state index in [2.05, 4.69) is 14.4 Å². The Hall–Kier alpha value is -1.76.